The van der Waals surface area contributed by atoms with E-state index in [0.29, 0.717) is 17.3 Å². The third kappa shape index (κ3) is 3.73. The van der Waals surface area contributed by atoms with E-state index in [-0.39, 0.29) is 0 Å². The van der Waals surface area contributed by atoms with Crippen LogP contribution in [0.5, 0.6) is 0 Å². The van der Waals surface area contributed by atoms with E-state index in [1.165, 1.54) is 4.88 Å². The molecule has 1 heterocycles. The Kier molecular flexibility index (Phi) is 4.42. The van der Waals surface area contributed by atoms with Gasteiger partial charge in [0.2, 0.25) is 0 Å². The summed E-state index contributed by atoms with van der Waals surface area (Å²) in [5.41, 5.74) is 7.37. The van der Waals surface area contributed by atoms with Gasteiger partial charge in [0.1, 0.15) is 0 Å². The predicted molar refractivity (Wildman–Crippen MR) is 73.5 cm³/mol. The van der Waals surface area contributed by atoms with Gasteiger partial charge in [-0.2, -0.15) is 0 Å². The van der Waals surface area contributed by atoms with Crippen LogP contribution in [-0.2, 0) is 17.8 Å². The molecule has 0 aliphatic carbocycles. The van der Waals surface area contributed by atoms with Gasteiger partial charge in [-0.05, 0) is 29.1 Å². The van der Waals surface area contributed by atoms with Crippen LogP contribution >= 0.6 is 22.9 Å². The smallest absolute Gasteiger partial charge is 0.0717 e. The van der Waals surface area contributed by atoms with Crippen molar-refractivity contribution < 1.29 is 4.74 Å². The molecule has 0 saturated carbocycles. The van der Waals surface area contributed by atoms with Crippen molar-refractivity contribution in [3.63, 3.8) is 0 Å². The quantitative estimate of drug-likeness (QED) is 0.662. The first-order chi connectivity index (χ1) is 8.25. The highest BCUT2D eigenvalue weighted by molar-refractivity contribution is 7.09. The molecule has 0 atom stereocenters. The maximum Gasteiger partial charge on any atom is 0.0717 e. The molecule has 1 aromatic heterocycles. The lowest BCUT2D eigenvalue weighted by molar-refractivity contribution is 0.124. The minimum Gasteiger partial charge on any atom is -0.398 e. The molecule has 4 heteroatoms. The standard InChI is InChI=1S/C13H14ClNOS/c14-12-4-3-10(8-13(12)15)9-16-6-5-11-2-1-7-17-11/h1-4,7-8H,5-6,9,15H2. The molecule has 1 aromatic carbocycles. The number of benzene rings is 1. The van der Waals surface area contributed by atoms with Gasteiger partial charge in [-0.1, -0.05) is 23.7 Å². The highest BCUT2D eigenvalue weighted by Gasteiger charge is 1.99. The van der Waals surface area contributed by atoms with E-state index in [2.05, 4.69) is 17.5 Å². The normalized spacial score (nSPS) is 10.6. The first-order valence-corrected chi connectivity index (χ1v) is 6.65. The van der Waals surface area contributed by atoms with Crippen molar-refractivity contribution in [3.05, 3.63) is 51.2 Å². The summed E-state index contributed by atoms with van der Waals surface area (Å²) in [5, 5.41) is 2.67. The Morgan fingerprint density at radius 1 is 1.29 bits per heavy atom. The Morgan fingerprint density at radius 3 is 2.88 bits per heavy atom. The number of hydrogen-bond acceptors (Lipinski definition) is 3. The van der Waals surface area contributed by atoms with Gasteiger partial charge in [-0.3, -0.25) is 0 Å². The van der Waals surface area contributed by atoms with Crippen molar-refractivity contribution in [2.75, 3.05) is 12.3 Å². The molecule has 0 bridgehead atoms. The Balaban J connectivity index is 1.76. The molecule has 0 spiro atoms. The lowest BCUT2D eigenvalue weighted by Crippen LogP contribution is -1.98. The molecule has 2 aromatic rings. The first-order valence-electron chi connectivity index (χ1n) is 5.40. The second-order valence-corrected chi connectivity index (χ2v) is 5.18. The summed E-state index contributed by atoms with van der Waals surface area (Å²) in [4.78, 5) is 1.35. The van der Waals surface area contributed by atoms with Gasteiger partial charge in [0.05, 0.1) is 23.9 Å². The second-order valence-electron chi connectivity index (χ2n) is 3.74. The molecule has 2 rings (SSSR count). The summed E-state index contributed by atoms with van der Waals surface area (Å²) < 4.78 is 5.60. The van der Waals surface area contributed by atoms with Crippen LogP contribution in [0.25, 0.3) is 0 Å². The minimum absolute atomic E-state index is 0.576. The second kappa shape index (κ2) is 6.05. The van der Waals surface area contributed by atoms with Crippen LogP contribution in [0.3, 0.4) is 0 Å². The number of thiophene rings is 1. The number of rotatable bonds is 5. The van der Waals surface area contributed by atoms with E-state index >= 15 is 0 Å². The van der Waals surface area contributed by atoms with Crippen LogP contribution in [0.4, 0.5) is 5.69 Å². The van der Waals surface area contributed by atoms with Gasteiger partial charge in [-0.15, -0.1) is 11.3 Å². The molecular formula is C13H14ClNOS. The summed E-state index contributed by atoms with van der Waals surface area (Å²) in [7, 11) is 0. The molecule has 0 unspecified atom stereocenters. The van der Waals surface area contributed by atoms with Gasteiger partial charge in [0.25, 0.3) is 0 Å². The van der Waals surface area contributed by atoms with E-state index < -0.39 is 0 Å². The Bertz CT molecular complexity index is 470. The van der Waals surface area contributed by atoms with E-state index in [0.717, 1.165) is 18.6 Å². The van der Waals surface area contributed by atoms with E-state index in [9.17, 15) is 0 Å². The van der Waals surface area contributed by atoms with Crippen molar-refractivity contribution >= 4 is 28.6 Å². The maximum absolute atomic E-state index is 5.85. The zero-order valence-electron chi connectivity index (χ0n) is 9.36. The fourth-order valence-corrected chi connectivity index (χ4v) is 2.31. The fraction of sp³-hybridized carbons (Fsp3) is 0.231. The van der Waals surface area contributed by atoms with Crippen LogP contribution in [-0.4, -0.2) is 6.61 Å². The molecule has 0 saturated heterocycles. The van der Waals surface area contributed by atoms with E-state index in [1.54, 1.807) is 17.4 Å². The van der Waals surface area contributed by atoms with Gasteiger partial charge < -0.3 is 10.5 Å². The largest absolute Gasteiger partial charge is 0.398 e. The average Bonchev–Trinajstić information content (AvgIpc) is 2.82. The fourth-order valence-electron chi connectivity index (χ4n) is 1.50. The van der Waals surface area contributed by atoms with E-state index in [4.69, 9.17) is 22.1 Å². The van der Waals surface area contributed by atoms with Crippen LogP contribution in [0.2, 0.25) is 5.02 Å². The van der Waals surface area contributed by atoms with Gasteiger partial charge in [0, 0.05) is 11.3 Å². The Hall–Kier alpha value is -1.03. The van der Waals surface area contributed by atoms with Crippen LogP contribution in [0.15, 0.2) is 35.7 Å². The van der Waals surface area contributed by atoms with Crippen molar-refractivity contribution in [1.29, 1.82) is 0 Å². The zero-order chi connectivity index (χ0) is 12.1. The third-order valence-corrected chi connectivity index (χ3v) is 3.68. The molecule has 0 amide bonds. The van der Waals surface area contributed by atoms with Gasteiger partial charge in [-0.25, -0.2) is 0 Å². The van der Waals surface area contributed by atoms with Gasteiger partial charge >= 0.3 is 0 Å². The average molecular weight is 268 g/mol. The highest BCUT2D eigenvalue weighted by Crippen LogP contribution is 2.20. The van der Waals surface area contributed by atoms with Crippen molar-refractivity contribution in [3.8, 4) is 0 Å². The van der Waals surface area contributed by atoms with Crippen LogP contribution < -0.4 is 5.73 Å². The topological polar surface area (TPSA) is 35.2 Å². The molecule has 17 heavy (non-hydrogen) atoms. The summed E-state index contributed by atoms with van der Waals surface area (Å²) in [6.45, 7) is 1.30. The SMILES string of the molecule is Nc1cc(COCCc2cccs2)ccc1Cl. The zero-order valence-corrected chi connectivity index (χ0v) is 10.9. The lowest BCUT2D eigenvalue weighted by atomic mass is 10.2. The summed E-state index contributed by atoms with van der Waals surface area (Å²) >= 11 is 7.60. The number of nitrogens with two attached hydrogens (primary N) is 1. The molecule has 0 radical (unpaired) electrons. The van der Waals surface area contributed by atoms with Crippen molar-refractivity contribution in [2.24, 2.45) is 0 Å². The van der Waals surface area contributed by atoms with Crippen molar-refractivity contribution in [2.45, 2.75) is 13.0 Å². The Labute approximate surface area is 110 Å². The molecule has 0 fully saturated rings. The molecule has 0 aliphatic heterocycles. The number of halogens is 1. The monoisotopic (exact) mass is 267 g/mol. The predicted octanol–water partition coefficient (Wildman–Crippen LogP) is 3.74. The number of hydrogen-bond donors (Lipinski definition) is 1. The van der Waals surface area contributed by atoms with Crippen molar-refractivity contribution in [1.82, 2.24) is 0 Å². The van der Waals surface area contributed by atoms with Gasteiger partial charge in [0.15, 0.2) is 0 Å². The van der Waals surface area contributed by atoms with Crippen LogP contribution in [0.1, 0.15) is 10.4 Å². The molecule has 2 N–H and O–H groups in total. The molecule has 0 aliphatic rings. The van der Waals surface area contributed by atoms with E-state index in [1.807, 2.05) is 12.1 Å². The Morgan fingerprint density at radius 2 is 2.18 bits per heavy atom. The number of ether oxygens (including phenoxy) is 1. The molecule has 90 valence electrons. The summed E-state index contributed by atoms with van der Waals surface area (Å²) in [6.07, 6.45) is 0.959. The first kappa shape index (κ1) is 12.4. The number of nitrogen functional groups attached to an aromatic ring is 1. The minimum atomic E-state index is 0.576. The third-order valence-electron chi connectivity index (χ3n) is 2.40. The molecule has 2 nitrogen and oxygen atoms in total. The van der Waals surface area contributed by atoms with Crippen LogP contribution in [0, 0.1) is 0 Å². The molecular weight excluding hydrogens is 254 g/mol. The summed E-state index contributed by atoms with van der Waals surface area (Å²) in [5.74, 6) is 0. The number of anilines is 1. The summed E-state index contributed by atoms with van der Waals surface area (Å²) in [6, 6.07) is 9.76. The lowest BCUT2D eigenvalue weighted by Gasteiger charge is -2.05. The maximum atomic E-state index is 5.85. The highest BCUT2D eigenvalue weighted by atomic mass is 35.5.